The zero-order chi connectivity index (χ0) is 19.1. The molecule has 0 unspecified atom stereocenters. The summed E-state index contributed by atoms with van der Waals surface area (Å²) in [5, 5.41) is 13.9. The van der Waals surface area contributed by atoms with Crippen molar-refractivity contribution in [2.75, 3.05) is 13.7 Å². The van der Waals surface area contributed by atoms with Gasteiger partial charge >= 0.3 is 5.97 Å². The van der Waals surface area contributed by atoms with E-state index in [1.165, 1.54) is 13.5 Å². The summed E-state index contributed by atoms with van der Waals surface area (Å²) in [5.41, 5.74) is 1.12. The van der Waals surface area contributed by atoms with E-state index < -0.39 is 5.60 Å². The molecule has 0 aromatic heterocycles. The summed E-state index contributed by atoms with van der Waals surface area (Å²) in [6.07, 6.45) is 7.41. The van der Waals surface area contributed by atoms with E-state index in [1.807, 2.05) is 12.1 Å². The van der Waals surface area contributed by atoms with Crippen molar-refractivity contribution in [3.63, 3.8) is 0 Å². The van der Waals surface area contributed by atoms with Crippen molar-refractivity contribution < 1.29 is 19.4 Å². The molecule has 0 spiro atoms. The van der Waals surface area contributed by atoms with Crippen LogP contribution in [0.3, 0.4) is 0 Å². The highest BCUT2D eigenvalue weighted by Gasteiger charge is 2.57. The van der Waals surface area contributed by atoms with E-state index in [2.05, 4.69) is 5.32 Å². The van der Waals surface area contributed by atoms with Gasteiger partial charge in [0.1, 0.15) is 0 Å². The molecule has 5 rings (SSSR count). The Morgan fingerprint density at radius 1 is 1.15 bits per heavy atom. The second kappa shape index (κ2) is 6.93. The summed E-state index contributed by atoms with van der Waals surface area (Å²) >= 11 is 0. The quantitative estimate of drug-likeness (QED) is 0.754. The van der Waals surface area contributed by atoms with Crippen molar-refractivity contribution in [2.24, 2.45) is 17.3 Å². The molecule has 146 valence electrons. The highest BCUT2D eigenvalue weighted by atomic mass is 16.5. The molecule has 5 heteroatoms. The smallest absolute Gasteiger partial charge is 0.337 e. The topological polar surface area (TPSA) is 75.6 Å². The van der Waals surface area contributed by atoms with Crippen LogP contribution in [0, 0.1) is 17.3 Å². The van der Waals surface area contributed by atoms with Gasteiger partial charge in [-0.2, -0.15) is 0 Å². The number of carbonyl (C=O) groups is 2. The van der Waals surface area contributed by atoms with Crippen LogP contribution in [0.4, 0.5) is 0 Å². The van der Waals surface area contributed by atoms with E-state index in [9.17, 15) is 14.7 Å². The molecule has 2 N–H and O–H groups in total. The molecular formula is C22H29NO4. The number of amides is 1. The fourth-order valence-corrected chi connectivity index (χ4v) is 6.28. The first kappa shape index (κ1) is 18.5. The zero-order valence-corrected chi connectivity index (χ0v) is 16.0. The number of hydrogen-bond donors (Lipinski definition) is 2. The van der Waals surface area contributed by atoms with Crippen LogP contribution in [0.2, 0.25) is 0 Å². The maximum atomic E-state index is 12.6. The van der Waals surface area contributed by atoms with Gasteiger partial charge in [-0.25, -0.2) is 4.79 Å². The van der Waals surface area contributed by atoms with Gasteiger partial charge in [0.2, 0.25) is 5.91 Å². The lowest BCUT2D eigenvalue weighted by Crippen LogP contribution is -2.56. The van der Waals surface area contributed by atoms with Gasteiger partial charge in [-0.1, -0.05) is 12.1 Å². The normalized spacial score (nSPS) is 33.7. The lowest BCUT2D eigenvalue weighted by atomic mass is 9.47. The van der Waals surface area contributed by atoms with Crippen molar-refractivity contribution >= 4 is 11.9 Å². The van der Waals surface area contributed by atoms with Crippen molar-refractivity contribution in [1.29, 1.82) is 0 Å². The van der Waals surface area contributed by atoms with E-state index >= 15 is 0 Å². The van der Waals surface area contributed by atoms with Crippen molar-refractivity contribution in [3.8, 4) is 0 Å². The predicted octanol–water partition coefficient (Wildman–Crippen LogP) is 2.85. The third-order valence-corrected chi connectivity index (χ3v) is 6.80. The summed E-state index contributed by atoms with van der Waals surface area (Å²) in [5.74, 6) is 0.980. The zero-order valence-electron chi connectivity index (χ0n) is 16.0. The Morgan fingerprint density at radius 2 is 1.81 bits per heavy atom. The molecule has 4 aliphatic rings. The molecule has 0 saturated heterocycles. The van der Waals surface area contributed by atoms with Crippen LogP contribution in [0.25, 0.3) is 0 Å². The second-order valence-corrected chi connectivity index (χ2v) is 9.15. The SMILES string of the molecule is COC(=O)c1ccc(CCNC(=O)CC23C[C@H]4C[C@@H](CC(O)(C4)C2)C3)cc1. The standard InChI is InChI=1S/C22H29NO4/c1-27-20(25)18-4-2-15(3-5-18)6-7-23-19(24)13-21-9-16-8-17(10-21)12-22(26,11-16)14-21/h2-5,16-17,26H,6-14H2,1H3,(H,23,24)/t16-,17-,21?,22?/m1/s1. The van der Waals surface area contributed by atoms with Crippen molar-refractivity contribution in [2.45, 2.75) is 57.0 Å². The number of nitrogens with one attached hydrogen (secondary N) is 1. The van der Waals surface area contributed by atoms with Crippen LogP contribution in [-0.4, -0.2) is 36.2 Å². The van der Waals surface area contributed by atoms with Crippen LogP contribution in [0.1, 0.15) is 60.9 Å². The number of esters is 1. The van der Waals surface area contributed by atoms with E-state index in [0.29, 0.717) is 30.4 Å². The molecule has 0 aliphatic heterocycles. The van der Waals surface area contributed by atoms with Crippen LogP contribution in [0.15, 0.2) is 24.3 Å². The van der Waals surface area contributed by atoms with E-state index in [-0.39, 0.29) is 17.3 Å². The molecule has 5 nitrogen and oxygen atoms in total. The number of hydrogen-bond acceptors (Lipinski definition) is 4. The number of benzene rings is 1. The summed E-state index contributed by atoms with van der Waals surface area (Å²) in [6.45, 7) is 0.587. The molecular weight excluding hydrogens is 342 g/mol. The fourth-order valence-electron chi connectivity index (χ4n) is 6.28. The van der Waals surface area contributed by atoms with Gasteiger partial charge in [-0.3, -0.25) is 4.79 Å². The van der Waals surface area contributed by atoms with Crippen LogP contribution < -0.4 is 5.32 Å². The minimum Gasteiger partial charge on any atom is -0.465 e. The number of rotatable bonds is 6. The highest BCUT2D eigenvalue weighted by Crippen LogP contribution is 2.62. The van der Waals surface area contributed by atoms with Gasteiger partial charge in [0.05, 0.1) is 18.3 Å². The van der Waals surface area contributed by atoms with Crippen LogP contribution in [-0.2, 0) is 16.0 Å². The van der Waals surface area contributed by atoms with Gasteiger partial charge in [-0.15, -0.1) is 0 Å². The van der Waals surface area contributed by atoms with E-state index in [4.69, 9.17) is 4.74 Å². The van der Waals surface area contributed by atoms with Gasteiger partial charge < -0.3 is 15.2 Å². The lowest BCUT2D eigenvalue weighted by Gasteiger charge is -2.60. The molecule has 1 aromatic rings. The summed E-state index contributed by atoms with van der Waals surface area (Å²) < 4.78 is 4.70. The van der Waals surface area contributed by atoms with Gasteiger partial charge in [0.15, 0.2) is 0 Å². The molecule has 2 atom stereocenters. The molecule has 1 aromatic carbocycles. The van der Waals surface area contributed by atoms with Gasteiger partial charge in [-0.05, 0) is 79.9 Å². The monoisotopic (exact) mass is 371 g/mol. The molecule has 1 amide bonds. The summed E-state index contributed by atoms with van der Waals surface area (Å²) in [6, 6.07) is 7.29. The Kier molecular flexibility index (Phi) is 4.75. The Morgan fingerprint density at radius 3 is 2.41 bits per heavy atom. The summed E-state index contributed by atoms with van der Waals surface area (Å²) in [7, 11) is 1.37. The van der Waals surface area contributed by atoms with Crippen LogP contribution >= 0.6 is 0 Å². The van der Waals surface area contributed by atoms with E-state index in [0.717, 1.165) is 44.1 Å². The van der Waals surface area contributed by atoms with Gasteiger partial charge in [0, 0.05) is 13.0 Å². The maximum absolute atomic E-state index is 12.6. The van der Waals surface area contributed by atoms with E-state index in [1.54, 1.807) is 12.1 Å². The van der Waals surface area contributed by atoms with Crippen LogP contribution in [0.5, 0.6) is 0 Å². The minimum absolute atomic E-state index is 0.0189. The van der Waals surface area contributed by atoms with Crippen molar-refractivity contribution in [1.82, 2.24) is 5.32 Å². The number of carbonyl (C=O) groups excluding carboxylic acids is 2. The second-order valence-electron chi connectivity index (χ2n) is 9.15. The molecule has 4 fully saturated rings. The predicted molar refractivity (Wildman–Crippen MR) is 101 cm³/mol. The molecule has 4 aliphatic carbocycles. The Labute approximate surface area is 160 Å². The number of aliphatic hydroxyl groups is 1. The molecule has 4 saturated carbocycles. The first-order chi connectivity index (χ1) is 12.9. The molecule has 0 radical (unpaired) electrons. The minimum atomic E-state index is -0.508. The first-order valence-electron chi connectivity index (χ1n) is 10.1. The Bertz CT molecular complexity index is 712. The summed E-state index contributed by atoms with van der Waals surface area (Å²) in [4.78, 5) is 24.0. The number of ether oxygens (including phenoxy) is 1. The average Bonchev–Trinajstić information content (AvgIpc) is 2.59. The Balaban J connectivity index is 1.27. The number of methoxy groups -OCH3 is 1. The fraction of sp³-hybridized carbons (Fsp3) is 0.636. The van der Waals surface area contributed by atoms with Crippen molar-refractivity contribution in [3.05, 3.63) is 35.4 Å². The third kappa shape index (κ3) is 3.88. The highest BCUT2D eigenvalue weighted by molar-refractivity contribution is 5.89. The largest absolute Gasteiger partial charge is 0.465 e. The molecule has 27 heavy (non-hydrogen) atoms. The average molecular weight is 371 g/mol. The Hall–Kier alpha value is -1.88. The molecule has 4 bridgehead atoms. The first-order valence-corrected chi connectivity index (χ1v) is 10.1. The maximum Gasteiger partial charge on any atom is 0.337 e. The third-order valence-electron chi connectivity index (χ3n) is 6.80. The lowest BCUT2D eigenvalue weighted by molar-refractivity contribution is -0.169. The van der Waals surface area contributed by atoms with Gasteiger partial charge in [0.25, 0.3) is 0 Å². The molecule has 0 heterocycles.